The molecule has 19 nitrogen and oxygen atoms in total. The first-order chi connectivity index (χ1) is 26.3. The van der Waals surface area contributed by atoms with Crippen LogP contribution in [0.3, 0.4) is 0 Å². The summed E-state index contributed by atoms with van der Waals surface area (Å²) in [7, 11) is -7.63. The number of hydrogen-bond acceptors (Lipinski definition) is 14. The van der Waals surface area contributed by atoms with Crippen LogP contribution >= 0.6 is 64.9 Å². The van der Waals surface area contributed by atoms with Crippen molar-refractivity contribution >= 4 is 71.1 Å². The van der Waals surface area contributed by atoms with Gasteiger partial charge in [0.05, 0.1) is 35.3 Å². The first-order valence-electron chi connectivity index (χ1n) is 16.4. The van der Waals surface area contributed by atoms with E-state index >= 15 is 0 Å². The fourth-order valence-electron chi connectivity index (χ4n) is 3.26. The molecule has 0 aliphatic carbocycles. The second-order valence-corrected chi connectivity index (χ2v) is 17.4. The SMILES string of the molecule is C=CCP(=O)(O)O[P+](C)=O.CC=CCn1cc(Br)c(=O)[nH]c1=O.CCOCCCOP(=O)(C/C=C/Cn1cc(Br)c(=O)[nH]c1=O)OCOC(=O)OC(C)C.[2H]P. The summed E-state index contributed by atoms with van der Waals surface area (Å²) < 4.78 is 72.4. The van der Waals surface area contributed by atoms with E-state index in [4.69, 9.17) is 29.4 Å². The third kappa shape index (κ3) is 26.2. The lowest BCUT2D eigenvalue weighted by molar-refractivity contribution is -0.0130. The van der Waals surface area contributed by atoms with Gasteiger partial charge in [0.15, 0.2) is 6.66 Å². The molecule has 0 saturated heterocycles. The lowest BCUT2D eigenvalue weighted by Gasteiger charge is -2.17. The van der Waals surface area contributed by atoms with Crippen LogP contribution in [-0.2, 0) is 54.4 Å². The molecule has 0 bridgehead atoms. The minimum atomic E-state index is -3.65. The number of nitrogens with zero attached hydrogens (tertiary/aromatic N) is 2. The van der Waals surface area contributed by atoms with Crippen LogP contribution in [0.4, 0.5) is 4.79 Å². The Hall–Kier alpha value is -2.40. The number of hydrogen-bond donors (Lipinski definition) is 3. The fourth-order valence-corrected chi connectivity index (χ4v) is 7.29. The molecule has 2 aromatic rings. The molecule has 4 atom stereocenters. The number of rotatable bonds is 20. The van der Waals surface area contributed by atoms with Gasteiger partial charge in [-0.15, -0.1) is 6.58 Å². The Balaban J connectivity index is 0. The van der Waals surface area contributed by atoms with Gasteiger partial charge in [-0.1, -0.05) is 34.7 Å². The van der Waals surface area contributed by atoms with E-state index in [1.807, 2.05) is 26.0 Å². The number of carbonyl (C=O) groups excluding carboxylic acids is 1. The second kappa shape index (κ2) is 29.8. The minimum Gasteiger partial charge on any atom is -0.432 e. The van der Waals surface area contributed by atoms with Crippen LogP contribution in [0.1, 0.15) is 34.1 Å². The van der Waals surface area contributed by atoms with Gasteiger partial charge in [0.1, 0.15) is 0 Å². The van der Waals surface area contributed by atoms with Gasteiger partial charge in [-0.2, -0.15) is 9.84 Å². The van der Waals surface area contributed by atoms with E-state index in [0.717, 1.165) is 0 Å². The summed E-state index contributed by atoms with van der Waals surface area (Å²) in [4.78, 5) is 69.8. The predicted octanol–water partition coefficient (Wildman–Crippen LogP) is 5.71. The van der Waals surface area contributed by atoms with Crippen LogP contribution in [0.5, 0.6) is 0 Å². The summed E-state index contributed by atoms with van der Waals surface area (Å²) in [5, 5.41) is 0. The number of nitrogens with one attached hydrogen (secondary N) is 2. The Bertz CT molecular complexity index is 1900. The van der Waals surface area contributed by atoms with Crippen molar-refractivity contribution in [2.45, 2.75) is 53.3 Å². The summed E-state index contributed by atoms with van der Waals surface area (Å²) in [5.41, 5.74) is -1.91. The van der Waals surface area contributed by atoms with Crippen molar-refractivity contribution in [3.63, 3.8) is 0 Å². The van der Waals surface area contributed by atoms with Crippen LogP contribution in [0.2, 0.25) is 0 Å². The van der Waals surface area contributed by atoms with E-state index in [2.05, 4.69) is 52.7 Å². The largest absolute Gasteiger partial charge is 0.513 e. The Kier molecular flexibility index (Phi) is 28.5. The van der Waals surface area contributed by atoms with Crippen molar-refractivity contribution in [2.24, 2.45) is 0 Å². The Labute approximate surface area is 340 Å². The number of H-pyrrole nitrogens is 2. The molecule has 4 unspecified atom stereocenters. The van der Waals surface area contributed by atoms with Crippen LogP contribution in [-0.4, -0.2) is 83.1 Å². The van der Waals surface area contributed by atoms with E-state index < -0.39 is 58.7 Å². The van der Waals surface area contributed by atoms with E-state index in [0.29, 0.717) is 30.7 Å². The molecule has 0 amide bonds. The van der Waals surface area contributed by atoms with Gasteiger partial charge in [0.2, 0.25) is 6.79 Å². The molecular weight excluding hydrogens is 940 g/mol. The molecule has 0 fully saturated rings. The van der Waals surface area contributed by atoms with Crippen LogP contribution in [0.15, 0.2) is 77.5 Å². The molecule has 25 heteroatoms. The number of carbonyl (C=O) groups is 1. The average molecular weight is 990 g/mol. The Morgan fingerprint density at radius 3 is 2.02 bits per heavy atom. The highest BCUT2D eigenvalue weighted by Gasteiger charge is 2.27. The van der Waals surface area contributed by atoms with Crippen molar-refractivity contribution in [3.8, 4) is 0 Å². The maximum Gasteiger partial charge on any atom is 0.513 e. The molecule has 0 saturated carbocycles. The summed E-state index contributed by atoms with van der Waals surface area (Å²) >= 11 is 6.09. The highest BCUT2D eigenvalue weighted by molar-refractivity contribution is 9.10. The zero-order valence-corrected chi connectivity index (χ0v) is 37.9. The molecule has 0 spiro atoms. The second-order valence-electron chi connectivity index (χ2n) is 10.4. The van der Waals surface area contributed by atoms with Crippen LogP contribution < -0.4 is 22.5 Å². The van der Waals surface area contributed by atoms with E-state index in [-0.39, 0.29) is 36.1 Å². The van der Waals surface area contributed by atoms with E-state index in [1.54, 1.807) is 29.8 Å². The molecular formula is C30H49Br2N4O15P4+. The molecule has 0 radical (unpaired) electrons. The maximum atomic E-state index is 12.9. The van der Waals surface area contributed by atoms with Gasteiger partial charge in [0.25, 0.3) is 11.1 Å². The molecule has 0 aliphatic heterocycles. The van der Waals surface area contributed by atoms with Gasteiger partial charge in [-0.3, -0.25) is 42.3 Å². The number of halogens is 2. The lowest BCUT2D eigenvalue weighted by Crippen LogP contribution is -2.29. The Morgan fingerprint density at radius 1 is 1.00 bits per heavy atom. The third-order valence-corrected chi connectivity index (χ3v) is 11.1. The number of allylic oxidation sites excluding steroid dienone is 5. The van der Waals surface area contributed by atoms with Gasteiger partial charge in [0, 0.05) is 38.7 Å². The molecule has 2 heterocycles. The van der Waals surface area contributed by atoms with Gasteiger partial charge in [-0.25, -0.2) is 14.4 Å². The zero-order chi connectivity index (χ0) is 43.3. The summed E-state index contributed by atoms with van der Waals surface area (Å²) in [5.74, 6) is 0. The first-order valence-corrected chi connectivity index (χ1v) is 22.6. The third-order valence-electron chi connectivity index (χ3n) is 5.56. The van der Waals surface area contributed by atoms with Crippen molar-refractivity contribution in [3.05, 3.63) is 100.0 Å². The summed E-state index contributed by atoms with van der Waals surface area (Å²) in [6, 6.07) is 0. The minimum absolute atomic E-state index is 0.119. The molecule has 0 aromatic carbocycles. The van der Waals surface area contributed by atoms with Crippen molar-refractivity contribution < 1.29 is 51.0 Å². The summed E-state index contributed by atoms with van der Waals surface area (Å²) in [6.07, 6.45) is 9.72. The smallest absolute Gasteiger partial charge is 0.432 e. The topological polar surface area (TPSA) is 254 Å². The van der Waals surface area contributed by atoms with Crippen LogP contribution in [0.25, 0.3) is 0 Å². The number of aromatic amines is 2. The molecule has 55 heavy (non-hydrogen) atoms. The van der Waals surface area contributed by atoms with Gasteiger partial charge < -0.3 is 23.6 Å². The van der Waals surface area contributed by atoms with Gasteiger partial charge in [-0.05, 0) is 70.5 Å². The normalized spacial score (nSPS) is 13.5. The standard InChI is InChI=1S/C18H28BrN2O9P.C8H9BrN2O2.C4H8O4P2.H3P/c1-4-26-9-7-10-28-31(25,29-13-27-18(24)30-14(2)3)11-6-5-8-21-12-15(19)16(22)20-17(21)23;1-2-3-4-11-5-6(9)7(12)10-8(11)13;1-3-4-10(6,7)8-9(2)5;/h5-6,12,14H,4,7-11,13H2,1-3H3,(H,20,22,23);2-3,5H,4H2,1H3,(H,10,12,13);3H,1,4H2,2H3;1H3/p+1/b6-5+;;;/i;;;1D. The number of ether oxygens (including phenoxy) is 3. The number of aromatic nitrogens is 4. The fraction of sp³-hybridized carbons (Fsp3) is 0.500. The molecule has 2 aromatic heterocycles. The van der Waals surface area contributed by atoms with Crippen LogP contribution in [0, 0.1) is 0 Å². The highest BCUT2D eigenvalue weighted by atomic mass is 79.9. The first kappa shape index (κ1) is 52.6. The predicted molar refractivity (Wildman–Crippen MR) is 221 cm³/mol. The van der Waals surface area contributed by atoms with Crippen molar-refractivity contribution in [2.75, 3.05) is 45.6 Å². The molecule has 0 aliphatic rings. The monoisotopic (exact) mass is 988 g/mol. The van der Waals surface area contributed by atoms with E-state index in [1.165, 1.54) is 40.3 Å². The Morgan fingerprint density at radius 2 is 1.55 bits per heavy atom. The van der Waals surface area contributed by atoms with Crippen molar-refractivity contribution in [1.29, 1.82) is 1.28 Å². The maximum absolute atomic E-state index is 12.9. The molecule has 2 rings (SSSR count). The quantitative estimate of drug-likeness (QED) is 0.0473. The average Bonchev–Trinajstić information content (AvgIpc) is 3.10. The summed E-state index contributed by atoms with van der Waals surface area (Å²) in [6.45, 7) is 12.6. The van der Waals surface area contributed by atoms with Gasteiger partial charge >= 0.3 is 40.8 Å². The van der Waals surface area contributed by atoms with E-state index in [9.17, 15) is 37.7 Å². The zero-order valence-electron chi connectivity index (χ0n) is 31.9. The molecule has 312 valence electrons. The van der Waals surface area contributed by atoms with Crippen molar-refractivity contribution in [1.82, 2.24) is 19.1 Å². The highest BCUT2D eigenvalue weighted by Crippen LogP contribution is 2.49. The lowest BCUT2D eigenvalue weighted by atomic mass is 10.5. The molecule has 3 N–H and O–H groups in total.